The van der Waals surface area contributed by atoms with Gasteiger partial charge in [0.1, 0.15) is 12.4 Å². The Morgan fingerprint density at radius 2 is 1.68 bits per heavy atom. The zero-order valence-electron chi connectivity index (χ0n) is 23.7. The van der Waals surface area contributed by atoms with Gasteiger partial charge >= 0.3 is 0 Å². The van der Waals surface area contributed by atoms with E-state index in [9.17, 15) is 13.2 Å². The molecule has 0 aromatic heterocycles. The van der Waals surface area contributed by atoms with Crippen molar-refractivity contribution in [3.8, 4) is 5.75 Å². The van der Waals surface area contributed by atoms with Gasteiger partial charge in [-0.2, -0.15) is 4.31 Å². The molecule has 1 fully saturated rings. The van der Waals surface area contributed by atoms with Gasteiger partial charge < -0.3 is 24.2 Å². The molecule has 0 radical (unpaired) electrons. The molecule has 2 aromatic carbocycles. The Morgan fingerprint density at radius 1 is 1.05 bits per heavy atom. The maximum absolute atomic E-state index is 13.1. The number of likely N-dealkylation sites (N-methyl/N-ethyl adjacent to an activating group) is 3. The Bertz CT molecular complexity index is 1180. The number of hydrogen-bond acceptors (Lipinski definition) is 7. The van der Waals surface area contributed by atoms with Crippen molar-refractivity contribution in [3.05, 3.63) is 53.1 Å². The number of rotatable bonds is 12. The monoisotopic (exact) mass is 546 g/mol. The van der Waals surface area contributed by atoms with Gasteiger partial charge in [-0.05, 0) is 75.3 Å². The molecule has 10 heteroatoms. The van der Waals surface area contributed by atoms with E-state index >= 15 is 0 Å². The summed E-state index contributed by atoms with van der Waals surface area (Å²) in [6.45, 7) is 6.20. The molecule has 1 amide bonds. The third kappa shape index (κ3) is 7.25. The molecule has 210 valence electrons. The normalized spacial score (nSPS) is 15.9. The zero-order valence-corrected chi connectivity index (χ0v) is 24.5. The van der Waals surface area contributed by atoms with E-state index in [1.165, 1.54) is 17.0 Å². The topological polar surface area (TPSA) is 82.6 Å². The molecular formula is C28H42N4O5S. The first kappa shape index (κ1) is 29.9. The van der Waals surface area contributed by atoms with E-state index in [-0.39, 0.29) is 30.6 Å². The Balaban J connectivity index is 1.45. The lowest BCUT2D eigenvalue weighted by molar-refractivity contribution is -0.135. The summed E-state index contributed by atoms with van der Waals surface area (Å²) in [6, 6.07) is 12.3. The summed E-state index contributed by atoms with van der Waals surface area (Å²) in [5.74, 6) is 0.461. The summed E-state index contributed by atoms with van der Waals surface area (Å²) in [7, 11) is 5.35. The zero-order chi connectivity index (χ0) is 28.0. The highest BCUT2D eigenvalue weighted by molar-refractivity contribution is 7.89. The van der Waals surface area contributed by atoms with Crippen LogP contribution >= 0.6 is 0 Å². The summed E-state index contributed by atoms with van der Waals surface area (Å²) in [4.78, 5) is 19.1. The highest BCUT2D eigenvalue weighted by atomic mass is 32.2. The van der Waals surface area contributed by atoms with Crippen molar-refractivity contribution < 1.29 is 22.7 Å². The number of methoxy groups -OCH3 is 1. The number of amides is 1. The lowest BCUT2D eigenvalue weighted by Crippen LogP contribution is -2.33. The molecule has 38 heavy (non-hydrogen) atoms. The van der Waals surface area contributed by atoms with Crippen LogP contribution in [0.3, 0.4) is 0 Å². The van der Waals surface area contributed by atoms with Crippen molar-refractivity contribution in [3.63, 3.8) is 0 Å². The van der Waals surface area contributed by atoms with E-state index in [0.29, 0.717) is 29.5 Å². The molecule has 2 aromatic rings. The van der Waals surface area contributed by atoms with E-state index in [1.807, 2.05) is 0 Å². The van der Waals surface area contributed by atoms with Gasteiger partial charge in [-0.1, -0.05) is 12.1 Å². The molecule has 1 heterocycles. The maximum Gasteiger partial charge on any atom is 0.248 e. The maximum atomic E-state index is 13.1. The third-order valence-electron chi connectivity index (χ3n) is 7.15. The second-order valence-corrected chi connectivity index (χ2v) is 12.2. The molecule has 1 aliphatic rings. The first-order chi connectivity index (χ1) is 17.9. The van der Waals surface area contributed by atoms with Crippen LogP contribution in [0.2, 0.25) is 0 Å². The average molecular weight is 547 g/mol. The number of carbonyl (C=O) groups is 1. The minimum absolute atomic E-state index is 0.108. The fourth-order valence-corrected chi connectivity index (χ4v) is 6.30. The number of sulfonamides is 1. The van der Waals surface area contributed by atoms with E-state index < -0.39 is 10.0 Å². The van der Waals surface area contributed by atoms with Gasteiger partial charge in [0, 0.05) is 52.0 Å². The van der Waals surface area contributed by atoms with Crippen LogP contribution in [0.25, 0.3) is 0 Å². The van der Waals surface area contributed by atoms with Gasteiger partial charge in [0.25, 0.3) is 0 Å². The van der Waals surface area contributed by atoms with E-state index in [1.54, 1.807) is 45.0 Å². The van der Waals surface area contributed by atoms with Crippen LogP contribution in [-0.2, 0) is 26.1 Å². The minimum Gasteiger partial charge on any atom is -0.497 e. The highest BCUT2D eigenvalue weighted by Gasteiger charge is 2.26. The molecule has 0 bridgehead atoms. The molecule has 0 unspecified atom stereocenters. The Labute approximate surface area is 228 Å². The third-order valence-corrected chi connectivity index (χ3v) is 9.32. The smallest absolute Gasteiger partial charge is 0.248 e. The van der Waals surface area contributed by atoms with Crippen LogP contribution < -0.4 is 9.64 Å². The van der Waals surface area contributed by atoms with Gasteiger partial charge in [0.05, 0.1) is 18.6 Å². The summed E-state index contributed by atoms with van der Waals surface area (Å²) in [6.07, 6.45) is 1.16. The molecule has 9 nitrogen and oxygen atoms in total. The number of benzene rings is 2. The molecule has 0 spiro atoms. The number of nitrogens with zero attached hydrogens (tertiary/aromatic N) is 4. The Kier molecular flexibility index (Phi) is 10.2. The number of hydrogen-bond donors (Lipinski definition) is 0. The van der Waals surface area contributed by atoms with Crippen LogP contribution in [0.1, 0.15) is 23.1 Å². The predicted octanol–water partition coefficient (Wildman–Crippen LogP) is 2.75. The summed E-state index contributed by atoms with van der Waals surface area (Å²) in [5, 5.41) is 0. The molecule has 1 atom stereocenters. The summed E-state index contributed by atoms with van der Waals surface area (Å²) >= 11 is 0. The van der Waals surface area contributed by atoms with Crippen molar-refractivity contribution in [2.24, 2.45) is 0 Å². The second kappa shape index (κ2) is 12.9. The van der Waals surface area contributed by atoms with E-state index in [2.05, 4.69) is 48.2 Å². The SMILES string of the molecule is COc1cc(C)c(S(=O)(=O)N(C)CCOCC(=O)N(C)Cc2ccc(N3CC[C@@H](N(C)C)C3)cc2)c(C)c1. The summed E-state index contributed by atoms with van der Waals surface area (Å²) in [5.41, 5.74) is 3.49. The van der Waals surface area contributed by atoms with Gasteiger partial charge in [0.2, 0.25) is 15.9 Å². The Hall–Kier alpha value is -2.66. The lowest BCUT2D eigenvalue weighted by atomic mass is 10.1. The lowest BCUT2D eigenvalue weighted by Gasteiger charge is -2.22. The fourth-order valence-electron chi connectivity index (χ4n) is 4.75. The van der Waals surface area contributed by atoms with Gasteiger partial charge in [-0.15, -0.1) is 0 Å². The van der Waals surface area contributed by atoms with E-state index in [4.69, 9.17) is 9.47 Å². The predicted molar refractivity (Wildman–Crippen MR) is 150 cm³/mol. The highest BCUT2D eigenvalue weighted by Crippen LogP contribution is 2.28. The van der Waals surface area contributed by atoms with E-state index in [0.717, 1.165) is 25.1 Å². The van der Waals surface area contributed by atoms with Crippen molar-refractivity contribution in [2.75, 3.05) is 73.0 Å². The first-order valence-corrected chi connectivity index (χ1v) is 14.3. The number of ether oxygens (including phenoxy) is 2. The van der Waals surface area contributed by atoms with Crippen molar-refractivity contribution >= 4 is 21.6 Å². The van der Waals surface area contributed by atoms with Gasteiger partial charge in [0.15, 0.2) is 0 Å². The fraction of sp³-hybridized carbons (Fsp3) is 0.536. The number of aryl methyl sites for hydroxylation is 2. The largest absolute Gasteiger partial charge is 0.497 e. The van der Waals surface area contributed by atoms with Crippen molar-refractivity contribution in [2.45, 2.75) is 37.8 Å². The molecule has 0 aliphatic carbocycles. The van der Waals surface area contributed by atoms with Gasteiger partial charge in [-0.25, -0.2) is 8.42 Å². The quantitative estimate of drug-likeness (QED) is 0.379. The molecule has 1 saturated heterocycles. The van der Waals surface area contributed by atoms with Crippen LogP contribution in [-0.4, -0.2) is 103 Å². The average Bonchev–Trinajstić information content (AvgIpc) is 3.37. The number of anilines is 1. The van der Waals surface area contributed by atoms with Crippen LogP contribution in [0.5, 0.6) is 5.75 Å². The summed E-state index contributed by atoms with van der Waals surface area (Å²) < 4.78 is 38.3. The molecule has 3 rings (SSSR count). The first-order valence-electron chi connectivity index (χ1n) is 12.9. The Morgan fingerprint density at radius 3 is 2.24 bits per heavy atom. The van der Waals surface area contributed by atoms with Crippen LogP contribution in [0, 0.1) is 13.8 Å². The molecule has 0 N–H and O–H groups in total. The molecule has 0 saturated carbocycles. The number of carbonyl (C=O) groups excluding carboxylic acids is 1. The standard InChI is InChI=1S/C28H42N4O5S/c1-21-16-26(36-7)17-22(2)28(21)38(34,35)31(6)14-15-37-20-27(33)30(5)18-23-8-10-24(11-9-23)32-13-12-25(19-32)29(3)4/h8-11,16-17,25H,12-15,18-20H2,1-7H3/t25-/m1/s1. The van der Waals surface area contributed by atoms with Crippen molar-refractivity contribution in [1.82, 2.24) is 14.1 Å². The molecular weight excluding hydrogens is 504 g/mol. The second-order valence-electron chi connectivity index (χ2n) is 10.2. The molecule has 1 aliphatic heterocycles. The van der Waals surface area contributed by atoms with Gasteiger partial charge in [-0.3, -0.25) is 4.79 Å². The van der Waals surface area contributed by atoms with Crippen molar-refractivity contribution in [1.29, 1.82) is 0 Å². The minimum atomic E-state index is -3.70. The van der Waals surface area contributed by atoms with Crippen LogP contribution in [0.4, 0.5) is 5.69 Å². The van der Waals surface area contributed by atoms with Crippen LogP contribution in [0.15, 0.2) is 41.3 Å².